The molecule has 0 aliphatic rings. The molecular formula is C40H27O2P. The Morgan fingerprint density at radius 3 is 1.42 bits per heavy atom. The average Bonchev–Trinajstić information content (AvgIpc) is 3.44. The van der Waals surface area contributed by atoms with E-state index in [4.69, 9.17) is 4.42 Å². The SMILES string of the molecule is O=P(c1ccccc1)(c1ccccc1)c1ccc(-c2ccc(-c3ccc4oc5cc6ccccc6cc5c4c3)cc2)cc1. The molecule has 204 valence electrons. The van der Waals surface area contributed by atoms with Crippen LogP contribution in [-0.2, 0) is 4.57 Å². The van der Waals surface area contributed by atoms with Crippen LogP contribution >= 0.6 is 7.14 Å². The molecule has 0 saturated heterocycles. The summed E-state index contributed by atoms with van der Waals surface area (Å²) < 4.78 is 20.9. The second-order valence-electron chi connectivity index (χ2n) is 10.9. The molecule has 0 spiro atoms. The van der Waals surface area contributed by atoms with Crippen molar-refractivity contribution >= 4 is 55.8 Å². The van der Waals surface area contributed by atoms with E-state index in [0.29, 0.717) is 0 Å². The van der Waals surface area contributed by atoms with E-state index in [9.17, 15) is 4.57 Å². The third-order valence-electron chi connectivity index (χ3n) is 8.36. The minimum Gasteiger partial charge on any atom is -0.456 e. The van der Waals surface area contributed by atoms with Gasteiger partial charge in [0, 0.05) is 26.7 Å². The lowest BCUT2D eigenvalue weighted by Gasteiger charge is -2.20. The highest BCUT2D eigenvalue weighted by Gasteiger charge is 2.29. The summed E-state index contributed by atoms with van der Waals surface area (Å²) >= 11 is 0. The summed E-state index contributed by atoms with van der Waals surface area (Å²) in [5.41, 5.74) is 6.31. The molecule has 7 aromatic carbocycles. The van der Waals surface area contributed by atoms with Gasteiger partial charge < -0.3 is 8.98 Å². The van der Waals surface area contributed by atoms with Gasteiger partial charge in [-0.1, -0.05) is 140 Å². The van der Waals surface area contributed by atoms with E-state index in [1.54, 1.807) is 0 Å². The van der Waals surface area contributed by atoms with E-state index in [1.165, 1.54) is 10.8 Å². The van der Waals surface area contributed by atoms with Gasteiger partial charge in [0.05, 0.1) is 0 Å². The Morgan fingerprint density at radius 1 is 0.372 bits per heavy atom. The Bertz CT molecular complexity index is 2240. The molecule has 0 aliphatic carbocycles. The lowest BCUT2D eigenvalue weighted by Crippen LogP contribution is -2.24. The fourth-order valence-electron chi connectivity index (χ4n) is 6.08. The first-order valence-electron chi connectivity index (χ1n) is 14.4. The largest absolute Gasteiger partial charge is 0.456 e. The lowest BCUT2D eigenvalue weighted by atomic mass is 9.99. The van der Waals surface area contributed by atoms with Crippen LogP contribution in [0.25, 0.3) is 55.0 Å². The summed E-state index contributed by atoms with van der Waals surface area (Å²) in [7, 11) is -2.99. The molecule has 2 nitrogen and oxygen atoms in total. The van der Waals surface area contributed by atoms with Gasteiger partial charge in [-0.25, -0.2) is 0 Å². The van der Waals surface area contributed by atoms with Crippen LogP contribution in [0.5, 0.6) is 0 Å². The van der Waals surface area contributed by atoms with E-state index >= 15 is 0 Å². The molecule has 8 aromatic rings. The molecule has 0 unspecified atom stereocenters. The Morgan fingerprint density at radius 2 is 0.814 bits per heavy atom. The first kappa shape index (κ1) is 25.5. The molecule has 0 saturated carbocycles. The fourth-order valence-corrected chi connectivity index (χ4v) is 8.73. The lowest BCUT2D eigenvalue weighted by molar-refractivity contribution is 0.592. The number of hydrogen-bond acceptors (Lipinski definition) is 2. The van der Waals surface area contributed by atoms with Crippen LogP contribution in [-0.4, -0.2) is 0 Å². The second kappa shape index (κ2) is 10.3. The third kappa shape index (κ3) is 4.39. The molecule has 0 amide bonds. The van der Waals surface area contributed by atoms with Gasteiger partial charge in [-0.15, -0.1) is 0 Å². The standard InChI is InChI=1S/C40H27O2P/c41-43(34-11-3-1-4-12-34,35-13-5-2-6-14-35)36-22-19-29(20-23-36)28-15-17-30(18-16-28)33-21-24-39-37(26-33)38-25-31-9-7-8-10-32(31)27-40(38)42-39/h1-27H. The molecule has 0 radical (unpaired) electrons. The first-order valence-corrected chi connectivity index (χ1v) is 16.2. The molecule has 43 heavy (non-hydrogen) atoms. The van der Waals surface area contributed by atoms with Gasteiger partial charge in [-0.05, 0) is 57.3 Å². The van der Waals surface area contributed by atoms with E-state index < -0.39 is 7.14 Å². The van der Waals surface area contributed by atoms with E-state index in [1.807, 2.05) is 72.8 Å². The zero-order valence-electron chi connectivity index (χ0n) is 23.4. The maximum atomic E-state index is 14.7. The van der Waals surface area contributed by atoms with Crippen LogP contribution in [0.3, 0.4) is 0 Å². The van der Waals surface area contributed by atoms with Gasteiger partial charge in [0.15, 0.2) is 7.14 Å². The molecule has 0 fully saturated rings. The van der Waals surface area contributed by atoms with E-state index in [2.05, 4.69) is 91.0 Å². The minimum atomic E-state index is -2.99. The van der Waals surface area contributed by atoms with Crippen LogP contribution in [0.2, 0.25) is 0 Å². The number of fused-ring (bicyclic) bond motifs is 4. The van der Waals surface area contributed by atoms with Crippen LogP contribution in [0.4, 0.5) is 0 Å². The summed E-state index contributed by atoms with van der Waals surface area (Å²) in [6, 6.07) is 55.6. The highest BCUT2D eigenvalue weighted by Crippen LogP contribution is 2.42. The van der Waals surface area contributed by atoms with Crippen molar-refractivity contribution in [2.45, 2.75) is 0 Å². The van der Waals surface area contributed by atoms with Gasteiger partial charge >= 0.3 is 0 Å². The summed E-state index contributed by atoms with van der Waals surface area (Å²) in [6.07, 6.45) is 0. The van der Waals surface area contributed by atoms with Gasteiger partial charge in [0.1, 0.15) is 11.2 Å². The van der Waals surface area contributed by atoms with Gasteiger partial charge in [-0.2, -0.15) is 0 Å². The molecule has 0 atom stereocenters. The maximum absolute atomic E-state index is 14.7. The van der Waals surface area contributed by atoms with Gasteiger partial charge in [0.2, 0.25) is 0 Å². The van der Waals surface area contributed by atoms with Crippen molar-refractivity contribution in [2.24, 2.45) is 0 Å². The molecule has 0 N–H and O–H groups in total. The zero-order valence-corrected chi connectivity index (χ0v) is 24.2. The predicted molar refractivity (Wildman–Crippen MR) is 181 cm³/mol. The van der Waals surface area contributed by atoms with Crippen molar-refractivity contribution in [1.82, 2.24) is 0 Å². The molecule has 1 aromatic heterocycles. The summed E-state index contributed by atoms with van der Waals surface area (Å²) in [6.45, 7) is 0. The van der Waals surface area contributed by atoms with Crippen molar-refractivity contribution in [3.63, 3.8) is 0 Å². The van der Waals surface area contributed by atoms with Crippen molar-refractivity contribution in [3.05, 3.63) is 164 Å². The Labute approximate surface area is 250 Å². The normalized spacial score (nSPS) is 11.8. The van der Waals surface area contributed by atoms with Crippen LogP contribution in [0, 0.1) is 0 Å². The predicted octanol–water partition coefficient (Wildman–Crippen LogP) is 9.71. The maximum Gasteiger partial charge on any atom is 0.171 e. The molecule has 8 rings (SSSR count). The monoisotopic (exact) mass is 570 g/mol. The zero-order chi connectivity index (χ0) is 28.8. The van der Waals surface area contributed by atoms with Crippen molar-refractivity contribution in [1.29, 1.82) is 0 Å². The topological polar surface area (TPSA) is 30.2 Å². The highest BCUT2D eigenvalue weighted by atomic mass is 31.2. The highest BCUT2D eigenvalue weighted by molar-refractivity contribution is 7.85. The molecule has 1 heterocycles. The van der Waals surface area contributed by atoms with Gasteiger partial charge in [0.25, 0.3) is 0 Å². The quantitative estimate of drug-likeness (QED) is 0.193. The van der Waals surface area contributed by atoms with E-state index in [-0.39, 0.29) is 0 Å². The molecule has 0 aliphatic heterocycles. The minimum absolute atomic E-state index is 0.832. The van der Waals surface area contributed by atoms with Crippen molar-refractivity contribution < 1.29 is 8.98 Å². The number of rotatable bonds is 5. The fraction of sp³-hybridized carbons (Fsp3) is 0. The summed E-state index contributed by atoms with van der Waals surface area (Å²) in [5, 5.41) is 7.17. The summed E-state index contributed by atoms with van der Waals surface area (Å²) in [5.74, 6) is 0. The van der Waals surface area contributed by atoms with E-state index in [0.717, 1.165) is 60.1 Å². The Balaban J connectivity index is 1.12. The van der Waals surface area contributed by atoms with Crippen molar-refractivity contribution in [2.75, 3.05) is 0 Å². The summed E-state index contributed by atoms with van der Waals surface area (Å²) in [4.78, 5) is 0. The average molecular weight is 571 g/mol. The number of furan rings is 1. The third-order valence-corrected chi connectivity index (χ3v) is 11.4. The Kier molecular flexibility index (Phi) is 6.10. The molecule has 3 heteroatoms. The van der Waals surface area contributed by atoms with Crippen LogP contribution in [0.1, 0.15) is 0 Å². The number of hydrogen-bond donors (Lipinski definition) is 0. The number of benzene rings is 7. The van der Waals surface area contributed by atoms with Crippen LogP contribution in [0.15, 0.2) is 168 Å². The molecule has 0 bridgehead atoms. The van der Waals surface area contributed by atoms with Crippen molar-refractivity contribution in [3.8, 4) is 22.3 Å². The Hall–Kier alpha value is -5.17. The van der Waals surface area contributed by atoms with Crippen LogP contribution < -0.4 is 15.9 Å². The van der Waals surface area contributed by atoms with Gasteiger partial charge in [-0.3, -0.25) is 0 Å². The second-order valence-corrected chi connectivity index (χ2v) is 13.7. The first-order chi connectivity index (χ1) is 21.2. The molecular weight excluding hydrogens is 543 g/mol. The smallest absolute Gasteiger partial charge is 0.171 e.